The maximum Gasteiger partial charge on any atom is 0.272 e. The standard InChI is InChI=1S/C31H27F4N5O3/c1-16-5-28(43-30-23(32)3-2-4-24(30)33)38-14-25(16)40-31(36)22(13-39-40)29(41)21-8-18-7-20(6-17-11-37-12-17)26(10-19(18)9-21)42-15-27(34)35/h2-5,7,9-10,13-14,17,27,37H,6,8,11-12,15,36H2,1H3. The molecule has 0 radical (unpaired) electrons. The molecule has 8 nitrogen and oxygen atoms in total. The van der Waals surface area contributed by atoms with Crippen LogP contribution in [0.1, 0.15) is 32.6 Å². The maximum atomic E-state index is 14.0. The molecular formula is C31H27F4N5O3. The zero-order valence-electron chi connectivity index (χ0n) is 23.0. The second-order valence-electron chi connectivity index (χ2n) is 10.6. The molecule has 1 aliphatic heterocycles. The molecule has 222 valence electrons. The monoisotopic (exact) mass is 593 g/mol. The number of hydrogen-bond donors (Lipinski definition) is 2. The number of carbonyl (C=O) groups is 1. The smallest absolute Gasteiger partial charge is 0.272 e. The number of anilines is 1. The van der Waals surface area contributed by atoms with Gasteiger partial charge in [0.1, 0.15) is 18.2 Å². The van der Waals surface area contributed by atoms with E-state index in [1.807, 2.05) is 6.07 Å². The fraction of sp³-hybridized carbons (Fsp3) is 0.258. The van der Waals surface area contributed by atoms with Crippen molar-refractivity contribution in [3.05, 3.63) is 93.8 Å². The van der Waals surface area contributed by atoms with Crippen molar-refractivity contribution in [1.29, 1.82) is 0 Å². The van der Waals surface area contributed by atoms with Gasteiger partial charge in [-0.15, -0.1) is 0 Å². The van der Waals surface area contributed by atoms with Gasteiger partial charge >= 0.3 is 0 Å². The number of nitrogen functional groups attached to an aromatic ring is 1. The topological polar surface area (TPSA) is 104 Å². The Labute approximate surface area is 244 Å². The molecule has 4 aromatic rings. The average Bonchev–Trinajstić information content (AvgIpc) is 3.54. The fourth-order valence-electron chi connectivity index (χ4n) is 5.20. The van der Waals surface area contributed by atoms with Gasteiger partial charge in [0.15, 0.2) is 17.4 Å². The predicted molar refractivity (Wildman–Crippen MR) is 151 cm³/mol. The molecule has 1 saturated heterocycles. The molecule has 0 saturated carbocycles. The number of carbonyl (C=O) groups excluding carboxylic acids is 1. The van der Waals surface area contributed by atoms with Gasteiger partial charge in [0, 0.05) is 18.1 Å². The summed E-state index contributed by atoms with van der Waals surface area (Å²) in [6, 6.07) is 8.51. The van der Waals surface area contributed by atoms with E-state index in [1.54, 1.807) is 19.1 Å². The van der Waals surface area contributed by atoms with Crippen molar-refractivity contribution in [3.8, 4) is 23.1 Å². The van der Waals surface area contributed by atoms with Crippen LogP contribution in [-0.4, -0.2) is 46.7 Å². The van der Waals surface area contributed by atoms with Crippen LogP contribution in [0.4, 0.5) is 23.4 Å². The van der Waals surface area contributed by atoms with E-state index >= 15 is 0 Å². The molecule has 0 atom stereocenters. The Morgan fingerprint density at radius 3 is 2.60 bits per heavy atom. The van der Waals surface area contributed by atoms with E-state index in [2.05, 4.69) is 15.4 Å². The van der Waals surface area contributed by atoms with Gasteiger partial charge in [-0.2, -0.15) is 5.10 Å². The van der Waals surface area contributed by atoms with Crippen molar-refractivity contribution >= 4 is 17.7 Å². The number of halogens is 4. The van der Waals surface area contributed by atoms with Gasteiger partial charge in [-0.1, -0.05) is 12.1 Å². The first kappa shape index (κ1) is 28.4. The van der Waals surface area contributed by atoms with Crippen molar-refractivity contribution < 1.29 is 31.8 Å². The Balaban J connectivity index is 1.22. The number of nitrogens with zero attached hydrogens (tertiary/aromatic N) is 3. The molecule has 0 bridgehead atoms. The van der Waals surface area contributed by atoms with Crippen molar-refractivity contribution in [3.63, 3.8) is 0 Å². The predicted octanol–water partition coefficient (Wildman–Crippen LogP) is 5.46. The van der Waals surface area contributed by atoms with Crippen LogP contribution >= 0.6 is 0 Å². The number of Topliss-reactive ketones (excluding diaryl/α,β-unsaturated/α-hetero) is 1. The largest absolute Gasteiger partial charge is 0.487 e. The number of pyridine rings is 1. The molecule has 2 aromatic heterocycles. The van der Waals surface area contributed by atoms with Gasteiger partial charge in [-0.05, 0) is 78.9 Å². The van der Waals surface area contributed by atoms with Gasteiger partial charge in [0.05, 0.1) is 23.6 Å². The number of fused-ring (bicyclic) bond motifs is 1. The fourth-order valence-corrected chi connectivity index (χ4v) is 5.20. The molecule has 0 unspecified atom stereocenters. The van der Waals surface area contributed by atoms with Gasteiger partial charge in [0.25, 0.3) is 6.43 Å². The van der Waals surface area contributed by atoms with Crippen LogP contribution in [-0.2, 0) is 12.8 Å². The van der Waals surface area contributed by atoms with Crippen molar-refractivity contribution in [2.24, 2.45) is 5.92 Å². The lowest BCUT2D eigenvalue weighted by Gasteiger charge is -2.28. The molecule has 0 spiro atoms. The molecule has 3 N–H and O–H groups in total. The third kappa shape index (κ3) is 5.70. The number of nitrogens with two attached hydrogens (primary N) is 1. The highest BCUT2D eigenvalue weighted by Gasteiger charge is 2.27. The average molecular weight is 594 g/mol. The molecule has 3 heterocycles. The third-order valence-corrected chi connectivity index (χ3v) is 7.53. The number of aryl methyl sites for hydroxylation is 1. The maximum absolute atomic E-state index is 14.0. The molecule has 2 aromatic carbocycles. The summed E-state index contributed by atoms with van der Waals surface area (Å²) in [6.07, 6.45) is 2.91. The number of hydrogen-bond acceptors (Lipinski definition) is 7. The first-order valence-electron chi connectivity index (χ1n) is 13.6. The zero-order valence-corrected chi connectivity index (χ0v) is 23.0. The van der Waals surface area contributed by atoms with Gasteiger partial charge in [0.2, 0.25) is 11.6 Å². The van der Waals surface area contributed by atoms with E-state index in [0.717, 1.165) is 41.9 Å². The number of aromatic nitrogens is 3. The lowest BCUT2D eigenvalue weighted by Crippen LogP contribution is -2.43. The highest BCUT2D eigenvalue weighted by molar-refractivity contribution is 6.15. The van der Waals surface area contributed by atoms with Crippen molar-refractivity contribution in [1.82, 2.24) is 20.1 Å². The van der Waals surface area contributed by atoms with Gasteiger partial charge in [-0.3, -0.25) is 4.79 Å². The Hall–Kier alpha value is -4.71. The first-order chi connectivity index (χ1) is 20.7. The Morgan fingerprint density at radius 2 is 1.93 bits per heavy atom. The minimum absolute atomic E-state index is 0.0361. The molecule has 0 amide bonds. The van der Waals surface area contributed by atoms with E-state index in [9.17, 15) is 22.4 Å². The lowest BCUT2D eigenvalue weighted by atomic mass is 9.92. The molecule has 1 aliphatic carbocycles. The molecule has 6 rings (SSSR count). The number of alkyl halides is 2. The SMILES string of the molecule is Cc1cc(Oc2c(F)cccc2F)ncc1-n1ncc(C(=O)C2=Cc3cc(OCC(F)F)c(CC4CNC4)cc3C2)c1N. The summed E-state index contributed by atoms with van der Waals surface area (Å²) in [5.74, 6) is -1.78. The van der Waals surface area contributed by atoms with E-state index in [4.69, 9.17) is 15.2 Å². The van der Waals surface area contributed by atoms with E-state index in [1.165, 1.54) is 29.2 Å². The molecule has 1 fully saturated rings. The highest BCUT2D eigenvalue weighted by atomic mass is 19.3. The molecule has 12 heteroatoms. The summed E-state index contributed by atoms with van der Waals surface area (Å²) < 4.78 is 65.9. The highest BCUT2D eigenvalue weighted by Crippen LogP contribution is 2.36. The van der Waals surface area contributed by atoms with Crippen LogP contribution in [0, 0.1) is 24.5 Å². The minimum Gasteiger partial charge on any atom is -0.487 e. The van der Waals surface area contributed by atoms with Crippen LogP contribution in [0.3, 0.4) is 0 Å². The summed E-state index contributed by atoms with van der Waals surface area (Å²) in [7, 11) is 0. The second-order valence-corrected chi connectivity index (χ2v) is 10.6. The van der Waals surface area contributed by atoms with Crippen molar-refractivity contribution in [2.75, 3.05) is 25.4 Å². The van der Waals surface area contributed by atoms with Crippen LogP contribution in [0.25, 0.3) is 11.8 Å². The first-order valence-corrected chi connectivity index (χ1v) is 13.6. The van der Waals surface area contributed by atoms with E-state index in [0.29, 0.717) is 41.3 Å². The normalized spacial score (nSPS) is 14.4. The van der Waals surface area contributed by atoms with Crippen LogP contribution in [0.2, 0.25) is 0 Å². The summed E-state index contributed by atoms with van der Waals surface area (Å²) in [6.45, 7) is 2.71. The lowest BCUT2D eigenvalue weighted by molar-refractivity contribution is 0.0812. The summed E-state index contributed by atoms with van der Waals surface area (Å²) in [4.78, 5) is 17.7. The Bertz CT molecular complexity index is 1730. The summed E-state index contributed by atoms with van der Waals surface area (Å²) in [5.41, 5.74) is 10.5. The number of para-hydroxylation sites is 1. The molecular weight excluding hydrogens is 566 g/mol. The van der Waals surface area contributed by atoms with Crippen molar-refractivity contribution in [2.45, 2.75) is 26.2 Å². The van der Waals surface area contributed by atoms with Gasteiger partial charge in [-0.25, -0.2) is 27.2 Å². The van der Waals surface area contributed by atoms with Crippen LogP contribution < -0.4 is 20.5 Å². The number of nitrogens with one attached hydrogen (secondary N) is 1. The minimum atomic E-state index is -2.60. The number of rotatable bonds is 10. The quantitative estimate of drug-likeness (QED) is 0.186. The number of benzene rings is 2. The number of allylic oxidation sites excluding steroid dienone is 1. The molecule has 2 aliphatic rings. The summed E-state index contributed by atoms with van der Waals surface area (Å²) in [5, 5.41) is 7.50. The van der Waals surface area contributed by atoms with E-state index < -0.39 is 30.4 Å². The second kappa shape index (κ2) is 11.5. The Kier molecular flexibility index (Phi) is 7.61. The van der Waals surface area contributed by atoms with E-state index in [-0.39, 0.29) is 23.0 Å². The summed E-state index contributed by atoms with van der Waals surface area (Å²) >= 11 is 0. The number of ether oxygens (including phenoxy) is 2. The third-order valence-electron chi connectivity index (χ3n) is 7.53. The zero-order chi connectivity index (χ0) is 30.2. The Morgan fingerprint density at radius 1 is 1.16 bits per heavy atom. The van der Waals surface area contributed by atoms with Crippen LogP contribution in [0.15, 0.2) is 54.4 Å². The number of ketones is 1. The van der Waals surface area contributed by atoms with Gasteiger partial charge < -0.3 is 20.5 Å². The van der Waals surface area contributed by atoms with Crippen LogP contribution in [0.5, 0.6) is 17.4 Å². The molecule has 43 heavy (non-hydrogen) atoms.